The molecule has 0 rings (SSSR count). The molecule has 0 aliphatic heterocycles. The summed E-state index contributed by atoms with van der Waals surface area (Å²) >= 11 is 0. The van der Waals surface area contributed by atoms with Crippen LogP contribution in [0.5, 0.6) is 0 Å². The molecule has 0 aliphatic carbocycles. The van der Waals surface area contributed by atoms with Gasteiger partial charge in [-0.3, -0.25) is 4.79 Å². The van der Waals surface area contributed by atoms with E-state index in [4.69, 9.17) is 0 Å². The van der Waals surface area contributed by atoms with Crippen LogP contribution in [0.15, 0.2) is 0 Å². The summed E-state index contributed by atoms with van der Waals surface area (Å²) in [5.74, 6) is 0.0847. The Balaban J connectivity index is 0. The van der Waals surface area contributed by atoms with Crippen LogP contribution >= 0.6 is 0 Å². The SMILES string of the molecule is CC(C)(C)NC(=O)CC[CH-]C(=O)C(C)(C)C.[Y]. The third kappa shape index (κ3) is 11.0. The molecule has 97 valence electrons. The quantitative estimate of drug-likeness (QED) is 0.810. The number of nitrogens with one attached hydrogen (secondary N) is 1. The third-order valence-electron chi connectivity index (χ3n) is 1.95. The maximum atomic E-state index is 11.5. The minimum atomic E-state index is -0.347. The van der Waals surface area contributed by atoms with Crippen LogP contribution in [0.25, 0.3) is 0 Å². The van der Waals surface area contributed by atoms with E-state index < -0.39 is 0 Å². The Hall–Kier alpha value is 0.114. The number of ketones is 1. The fraction of sp³-hybridized carbons (Fsp3) is 0.769. The van der Waals surface area contributed by atoms with E-state index in [1.807, 2.05) is 41.5 Å². The topological polar surface area (TPSA) is 46.2 Å². The summed E-state index contributed by atoms with van der Waals surface area (Å²) in [6.45, 7) is 11.4. The summed E-state index contributed by atoms with van der Waals surface area (Å²) in [6, 6.07) is 0. The van der Waals surface area contributed by atoms with Gasteiger partial charge in [-0.25, -0.2) is 0 Å². The number of amides is 1. The van der Waals surface area contributed by atoms with E-state index in [9.17, 15) is 9.59 Å². The molecule has 0 aromatic rings. The van der Waals surface area contributed by atoms with Gasteiger partial charge >= 0.3 is 0 Å². The number of rotatable bonds is 4. The van der Waals surface area contributed by atoms with Crippen LogP contribution in [0.1, 0.15) is 54.4 Å². The molecule has 0 aromatic carbocycles. The number of carbonyl (C=O) groups excluding carboxylic acids is 2. The monoisotopic (exact) mass is 315 g/mol. The summed E-state index contributed by atoms with van der Waals surface area (Å²) in [6.07, 6.45) is 2.50. The van der Waals surface area contributed by atoms with Gasteiger partial charge in [-0.05, 0) is 26.2 Å². The predicted molar refractivity (Wildman–Crippen MR) is 65.9 cm³/mol. The summed E-state index contributed by atoms with van der Waals surface area (Å²) in [4.78, 5) is 23.0. The molecule has 0 bridgehead atoms. The Morgan fingerprint density at radius 2 is 1.53 bits per heavy atom. The molecule has 0 fully saturated rings. The molecule has 1 N–H and O–H groups in total. The second-order valence-electron chi connectivity index (χ2n) is 6.16. The van der Waals surface area contributed by atoms with E-state index in [-0.39, 0.29) is 55.4 Å². The Morgan fingerprint density at radius 3 is 1.88 bits per heavy atom. The van der Waals surface area contributed by atoms with E-state index in [1.54, 1.807) is 6.42 Å². The molecule has 1 radical (unpaired) electrons. The number of hydrogen-bond donors (Lipinski definition) is 1. The third-order valence-corrected chi connectivity index (χ3v) is 1.95. The minimum Gasteiger partial charge on any atom is -0.352 e. The number of carbonyl (C=O) groups is 2. The van der Waals surface area contributed by atoms with Crippen molar-refractivity contribution < 1.29 is 42.3 Å². The molecule has 0 aromatic heterocycles. The number of hydrogen-bond acceptors (Lipinski definition) is 2. The average molecular weight is 315 g/mol. The van der Waals surface area contributed by atoms with E-state index >= 15 is 0 Å². The standard InChI is InChI=1S/C13H24NO2.Y/c1-12(2,3)10(15)8-7-9-11(16)14-13(4,5)6;/h8H,7,9H2,1-6H3,(H,14,16);/q-1;. The van der Waals surface area contributed by atoms with Crippen molar-refractivity contribution in [3.63, 3.8) is 0 Å². The molecule has 1 amide bonds. The molecule has 0 spiro atoms. The van der Waals surface area contributed by atoms with Crippen molar-refractivity contribution >= 4 is 11.7 Å². The molecular formula is C13H24NO2Y-. The Kier molecular flexibility index (Phi) is 8.61. The normalized spacial score (nSPS) is 11.4. The van der Waals surface area contributed by atoms with E-state index in [0.717, 1.165) is 0 Å². The molecule has 0 aliphatic rings. The Bertz CT molecular complexity index is 262. The molecule has 0 saturated carbocycles. The van der Waals surface area contributed by atoms with E-state index in [0.29, 0.717) is 12.8 Å². The summed E-state index contributed by atoms with van der Waals surface area (Å²) in [7, 11) is 0. The summed E-state index contributed by atoms with van der Waals surface area (Å²) in [5, 5.41) is 2.86. The predicted octanol–water partition coefficient (Wildman–Crippen LogP) is 2.50. The minimum absolute atomic E-state index is 0. The second kappa shape index (κ2) is 7.53. The number of Topliss-reactive ketones (excluding diaryl/α,β-unsaturated/α-hetero) is 1. The largest absolute Gasteiger partial charge is 0.352 e. The van der Waals surface area contributed by atoms with E-state index in [2.05, 4.69) is 5.32 Å². The maximum absolute atomic E-state index is 11.5. The Labute approximate surface area is 130 Å². The van der Waals surface area contributed by atoms with Gasteiger partial charge in [0.05, 0.1) is 0 Å². The second-order valence-corrected chi connectivity index (χ2v) is 6.16. The molecule has 3 nitrogen and oxygen atoms in total. The van der Waals surface area contributed by atoms with Crippen molar-refractivity contribution in [1.82, 2.24) is 5.32 Å². The maximum Gasteiger partial charge on any atom is 0.218 e. The van der Waals surface area contributed by atoms with Crippen LogP contribution in [0.4, 0.5) is 0 Å². The van der Waals surface area contributed by atoms with Gasteiger partial charge in [-0.15, -0.1) is 0 Å². The zero-order valence-electron chi connectivity index (χ0n) is 11.9. The van der Waals surface area contributed by atoms with Crippen molar-refractivity contribution in [3.05, 3.63) is 6.42 Å². The zero-order valence-corrected chi connectivity index (χ0v) is 14.7. The van der Waals surface area contributed by atoms with E-state index in [1.165, 1.54) is 0 Å². The smallest absolute Gasteiger partial charge is 0.218 e. The Morgan fingerprint density at radius 1 is 1.06 bits per heavy atom. The summed E-state index contributed by atoms with van der Waals surface area (Å²) in [5.41, 5.74) is -0.550. The first-order chi connectivity index (χ1) is 7.02. The van der Waals surface area contributed by atoms with Crippen LogP contribution in [0, 0.1) is 11.8 Å². The molecule has 0 atom stereocenters. The molecule has 0 heterocycles. The van der Waals surface area contributed by atoms with Crippen molar-refractivity contribution in [1.29, 1.82) is 0 Å². The van der Waals surface area contributed by atoms with Crippen molar-refractivity contribution in [3.8, 4) is 0 Å². The van der Waals surface area contributed by atoms with Gasteiger partial charge in [0.25, 0.3) is 0 Å². The van der Waals surface area contributed by atoms with Gasteiger partial charge in [0, 0.05) is 50.5 Å². The first-order valence-corrected chi connectivity index (χ1v) is 5.71. The molecular weight excluding hydrogens is 291 g/mol. The van der Waals surface area contributed by atoms with Crippen LogP contribution in [-0.2, 0) is 42.3 Å². The summed E-state index contributed by atoms with van der Waals surface area (Å²) < 4.78 is 0. The first-order valence-electron chi connectivity index (χ1n) is 5.71. The van der Waals surface area contributed by atoms with Gasteiger partial charge in [0.2, 0.25) is 5.91 Å². The van der Waals surface area contributed by atoms with Crippen LogP contribution in [-0.4, -0.2) is 17.2 Å². The van der Waals surface area contributed by atoms with Crippen LogP contribution in [0.2, 0.25) is 0 Å². The molecule has 0 unspecified atom stereocenters. The fourth-order valence-corrected chi connectivity index (χ4v) is 1.12. The van der Waals surface area contributed by atoms with Gasteiger partial charge in [0.1, 0.15) is 0 Å². The zero-order chi connectivity index (χ0) is 13.0. The van der Waals surface area contributed by atoms with Crippen molar-refractivity contribution in [2.75, 3.05) is 0 Å². The molecule has 4 heteroatoms. The first kappa shape index (κ1) is 19.5. The van der Waals surface area contributed by atoms with Gasteiger partial charge in [-0.1, -0.05) is 20.8 Å². The van der Waals surface area contributed by atoms with Crippen molar-refractivity contribution in [2.45, 2.75) is 59.9 Å². The van der Waals surface area contributed by atoms with Gasteiger partial charge in [0.15, 0.2) is 0 Å². The van der Waals surface area contributed by atoms with Gasteiger partial charge in [-0.2, -0.15) is 6.42 Å². The fourth-order valence-electron chi connectivity index (χ4n) is 1.12. The van der Waals surface area contributed by atoms with Crippen molar-refractivity contribution in [2.24, 2.45) is 5.41 Å². The molecule has 0 saturated heterocycles. The van der Waals surface area contributed by atoms with Crippen LogP contribution < -0.4 is 5.32 Å². The average Bonchev–Trinajstić information content (AvgIpc) is 1.98. The van der Waals surface area contributed by atoms with Gasteiger partial charge < -0.3 is 16.5 Å². The van der Waals surface area contributed by atoms with Crippen LogP contribution in [0.3, 0.4) is 0 Å². The molecule has 17 heavy (non-hydrogen) atoms.